The van der Waals surface area contributed by atoms with Crippen molar-refractivity contribution in [1.29, 1.82) is 0 Å². The van der Waals surface area contributed by atoms with Crippen LogP contribution < -0.4 is 5.32 Å². The van der Waals surface area contributed by atoms with Crippen molar-refractivity contribution in [2.75, 3.05) is 13.1 Å². The molecule has 5 heteroatoms. The predicted octanol–water partition coefficient (Wildman–Crippen LogP) is 2.22. The van der Waals surface area contributed by atoms with Crippen LogP contribution in [-0.4, -0.2) is 29.9 Å². The van der Waals surface area contributed by atoms with Gasteiger partial charge in [0.2, 0.25) is 5.91 Å². The van der Waals surface area contributed by atoms with Crippen LogP contribution in [0.4, 0.5) is 4.39 Å². The normalized spacial score (nSPS) is 23.3. The minimum absolute atomic E-state index is 0.135. The zero-order valence-corrected chi connectivity index (χ0v) is 12.2. The van der Waals surface area contributed by atoms with E-state index in [4.69, 9.17) is 0 Å². The van der Waals surface area contributed by atoms with E-state index in [-0.39, 0.29) is 17.8 Å². The summed E-state index contributed by atoms with van der Waals surface area (Å²) in [6.45, 7) is 2.39. The van der Waals surface area contributed by atoms with Crippen molar-refractivity contribution < 1.29 is 9.18 Å². The Balaban J connectivity index is 1.70. The monoisotopic (exact) mass is 326 g/mol. The van der Waals surface area contributed by atoms with Gasteiger partial charge in [0.15, 0.2) is 0 Å². The molecule has 0 spiro atoms. The standard InChI is InChI=1S/C14H16BrFN2O/c15-10-5-9-3-4-18(8-12(9)13(16)6-10)7-11-1-2-14(19)17-11/h5-6,11H,1-4,7-8H2,(H,17,19)/t11-/m0/s1. The molecule has 0 aromatic heterocycles. The van der Waals surface area contributed by atoms with Crippen molar-refractivity contribution in [2.24, 2.45) is 0 Å². The first-order valence-electron chi connectivity index (χ1n) is 6.60. The number of hydrogen-bond acceptors (Lipinski definition) is 2. The third-order valence-corrected chi connectivity index (χ3v) is 4.35. The number of amides is 1. The van der Waals surface area contributed by atoms with Gasteiger partial charge >= 0.3 is 0 Å². The molecule has 1 fully saturated rings. The summed E-state index contributed by atoms with van der Waals surface area (Å²) >= 11 is 3.33. The van der Waals surface area contributed by atoms with Crippen LogP contribution >= 0.6 is 15.9 Å². The smallest absolute Gasteiger partial charge is 0.220 e. The third-order valence-electron chi connectivity index (χ3n) is 3.90. The van der Waals surface area contributed by atoms with Gasteiger partial charge in [0.05, 0.1) is 0 Å². The second-order valence-corrected chi connectivity index (χ2v) is 6.23. The van der Waals surface area contributed by atoms with E-state index in [1.165, 1.54) is 6.07 Å². The van der Waals surface area contributed by atoms with Gasteiger partial charge in [-0.05, 0) is 30.5 Å². The maximum Gasteiger partial charge on any atom is 0.220 e. The van der Waals surface area contributed by atoms with Gasteiger partial charge in [-0.3, -0.25) is 9.69 Å². The lowest BCUT2D eigenvalue weighted by atomic mass is 9.99. The SMILES string of the molecule is O=C1CC[C@@H](CN2CCc3cc(Br)cc(F)c3C2)N1. The van der Waals surface area contributed by atoms with Gasteiger partial charge in [0.25, 0.3) is 0 Å². The van der Waals surface area contributed by atoms with Crippen LogP contribution in [0.5, 0.6) is 0 Å². The number of carbonyl (C=O) groups excluding carboxylic acids is 1. The predicted molar refractivity (Wildman–Crippen MR) is 74.2 cm³/mol. The van der Waals surface area contributed by atoms with Crippen molar-refractivity contribution in [2.45, 2.75) is 31.8 Å². The minimum Gasteiger partial charge on any atom is -0.352 e. The highest BCUT2D eigenvalue weighted by Gasteiger charge is 2.26. The number of nitrogens with one attached hydrogen (secondary N) is 1. The average Bonchev–Trinajstić information content (AvgIpc) is 2.75. The quantitative estimate of drug-likeness (QED) is 0.903. The van der Waals surface area contributed by atoms with E-state index in [1.807, 2.05) is 6.07 Å². The van der Waals surface area contributed by atoms with Crippen LogP contribution in [0.15, 0.2) is 16.6 Å². The van der Waals surface area contributed by atoms with Gasteiger partial charge < -0.3 is 5.32 Å². The van der Waals surface area contributed by atoms with Gasteiger partial charge in [-0.25, -0.2) is 4.39 Å². The Kier molecular flexibility index (Phi) is 3.58. The summed E-state index contributed by atoms with van der Waals surface area (Å²) in [6, 6.07) is 3.76. The Bertz CT molecular complexity index is 520. The van der Waals surface area contributed by atoms with E-state index in [0.717, 1.165) is 41.5 Å². The summed E-state index contributed by atoms with van der Waals surface area (Å²) in [5.41, 5.74) is 1.90. The molecule has 1 amide bonds. The Morgan fingerprint density at radius 3 is 3.00 bits per heavy atom. The van der Waals surface area contributed by atoms with Gasteiger partial charge in [0, 0.05) is 42.1 Å². The lowest BCUT2D eigenvalue weighted by molar-refractivity contribution is -0.119. The number of benzene rings is 1. The molecule has 19 heavy (non-hydrogen) atoms. The van der Waals surface area contributed by atoms with Crippen molar-refractivity contribution in [3.63, 3.8) is 0 Å². The van der Waals surface area contributed by atoms with Crippen molar-refractivity contribution in [3.05, 3.63) is 33.5 Å². The first-order chi connectivity index (χ1) is 9.11. The van der Waals surface area contributed by atoms with E-state index in [9.17, 15) is 9.18 Å². The Morgan fingerprint density at radius 2 is 2.26 bits per heavy atom. The highest BCUT2D eigenvalue weighted by atomic mass is 79.9. The minimum atomic E-state index is -0.135. The summed E-state index contributed by atoms with van der Waals surface area (Å²) in [7, 11) is 0. The first kappa shape index (κ1) is 13.1. The van der Waals surface area contributed by atoms with E-state index in [0.29, 0.717) is 13.0 Å². The molecule has 1 N–H and O–H groups in total. The number of hydrogen-bond donors (Lipinski definition) is 1. The number of halogens is 2. The second-order valence-electron chi connectivity index (χ2n) is 5.31. The summed E-state index contributed by atoms with van der Waals surface area (Å²) < 4.78 is 14.8. The van der Waals surface area contributed by atoms with E-state index < -0.39 is 0 Å². The fourth-order valence-corrected chi connectivity index (χ4v) is 3.40. The maximum absolute atomic E-state index is 14.0. The molecule has 0 saturated carbocycles. The van der Waals surface area contributed by atoms with Gasteiger partial charge in [0.1, 0.15) is 5.82 Å². The largest absolute Gasteiger partial charge is 0.352 e. The molecule has 1 saturated heterocycles. The first-order valence-corrected chi connectivity index (χ1v) is 7.39. The summed E-state index contributed by atoms with van der Waals surface area (Å²) in [4.78, 5) is 13.4. The zero-order chi connectivity index (χ0) is 13.4. The second kappa shape index (κ2) is 5.21. The molecule has 0 bridgehead atoms. The molecular weight excluding hydrogens is 311 g/mol. The maximum atomic E-state index is 14.0. The Morgan fingerprint density at radius 1 is 1.42 bits per heavy atom. The molecule has 2 heterocycles. The molecule has 2 aliphatic rings. The van der Waals surface area contributed by atoms with Crippen LogP contribution in [-0.2, 0) is 17.8 Å². The van der Waals surface area contributed by atoms with Crippen molar-refractivity contribution in [3.8, 4) is 0 Å². The number of rotatable bonds is 2. The molecule has 0 radical (unpaired) electrons. The zero-order valence-electron chi connectivity index (χ0n) is 10.6. The van der Waals surface area contributed by atoms with Crippen LogP contribution in [0.25, 0.3) is 0 Å². The molecule has 1 aromatic rings. The van der Waals surface area contributed by atoms with E-state index >= 15 is 0 Å². The summed E-state index contributed by atoms with van der Waals surface area (Å²) in [5, 5.41) is 2.97. The van der Waals surface area contributed by atoms with Crippen molar-refractivity contribution >= 4 is 21.8 Å². The van der Waals surface area contributed by atoms with Crippen LogP contribution in [0.1, 0.15) is 24.0 Å². The molecule has 102 valence electrons. The number of fused-ring (bicyclic) bond motifs is 1. The van der Waals surface area contributed by atoms with Gasteiger partial charge in [-0.15, -0.1) is 0 Å². The van der Waals surface area contributed by atoms with Crippen LogP contribution in [0.2, 0.25) is 0 Å². The fourth-order valence-electron chi connectivity index (χ4n) is 2.92. The highest BCUT2D eigenvalue weighted by molar-refractivity contribution is 9.10. The molecule has 1 aromatic carbocycles. The average molecular weight is 327 g/mol. The molecule has 1 atom stereocenters. The third kappa shape index (κ3) is 2.82. The molecule has 3 rings (SSSR count). The number of carbonyl (C=O) groups is 1. The lowest BCUT2D eigenvalue weighted by Gasteiger charge is -2.31. The highest BCUT2D eigenvalue weighted by Crippen LogP contribution is 2.26. The molecule has 2 aliphatic heterocycles. The van der Waals surface area contributed by atoms with Crippen LogP contribution in [0, 0.1) is 5.82 Å². The number of nitrogens with zero attached hydrogens (tertiary/aromatic N) is 1. The van der Waals surface area contributed by atoms with Gasteiger partial charge in [-0.2, -0.15) is 0 Å². The molecule has 0 unspecified atom stereocenters. The van der Waals surface area contributed by atoms with Crippen molar-refractivity contribution in [1.82, 2.24) is 10.2 Å². The molecule has 3 nitrogen and oxygen atoms in total. The van der Waals surface area contributed by atoms with Gasteiger partial charge in [-0.1, -0.05) is 15.9 Å². The van der Waals surface area contributed by atoms with E-state index in [1.54, 1.807) is 0 Å². The van der Waals surface area contributed by atoms with Crippen LogP contribution in [0.3, 0.4) is 0 Å². The topological polar surface area (TPSA) is 32.3 Å². The summed E-state index contributed by atoms with van der Waals surface area (Å²) in [6.07, 6.45) is 2.38. The fraction of sp³-hybridized carbons (Fsp3) is 0.500. The lowest BCUT2D eigenvalue weighted by Crippen LogP contribution is -2.41. The Hall–Kier alpha value is -0.940. The summed E-state index contributed by atoms with van der Waals surface area (Å²) in [5.74, 6) is 0.00190. The molecule has 0 aliphatic carbocycles. The molecular formula is C14H16BrFN2O. The Labute approximate surface area is 120 Å². The van der Waals surface area contributed by atoms with E-state index in [2.05, 4.69) is 26.1 Å².